The second-order valence-electron chi connectivity index (χ2n) is 23.2. The number of ether oxygens (including phenoxy) is 4. The Morgan fingerprint density at radius 2 is 1.44 bits per heavy atom. The summed E-state index contributed by atoms with van der Waals surface area (Å²) in [6.45, 7) is -6.57. The minimum atomic E-state index is -4.46. The molecule has 5 aromatic rings. The molecule has 3 unspecified atom stereocenters. The summed E-state index contributed by atoms with van der Waals surface area (Å²) in [7, 11) is 0. The van der Waals surface area contributed by atoms with Crippen molar-refractivity contribution in [2.45, 2.75) is 133 Å². The number of carbonyl (C=O) groups is 8. The number of nitrogens with one attached hydrogen (secondary N) is 4. The number of aromatic nitrogens is 8. The predicted octanol–water partition coefficient (Wildman–Crippen LogP) is 3.16. The van der Waals surface area contributed by atoms with E-state index < -0.39 is 161 Å². The second kappa shape index (κ2) is 29.8. The Morgan fingerprint density at radius 1 is 0.832 bits per heavy atom. The molecule has 0 bridgehead atoms. The number of halogens is 3. The Hall–Kier alpha value is -7.55. The van der Waals surface area contributed by atoms with Crippen LogP contribution in [0.25, 0.3) is 22.3 Å². The number of amides is 8. The van der Waals surface area contributed by atoms with Crippen molar-refractivity contribution >= 4 is 124 Å². The van der Waals surface area contributed by atoms with Gasteiger partial charge in [-0.3, -0.25) is 57.3 Å². The number of primary amides is 1. The number of nitrogens with two attached hydrogens (primary N) is 2. The average Bonchev–Trinajstić information content (AvgIpc) is 1.62. The van der Waals surface area contributed by atoms with E-state index in [0.717, 1.165) is 33.3 Å². The van der Waals surface area contributed by atoms with Crippen molar-refractivity contribution < 1.29 is 98.4 Å². The van der Waals surface area contributed by atoms with Crippen molar-refractivity contribution in [2.75, 3.05) is 55.8 Å². The first kappa shape index (κ1) is 70.3. The molecule has 514 valence electrons. The number of urea groups is 1. The largest absolute Gasteiger partial charge is 0.447 e. The molecule has 15 atom stereocenters. The van der Waals surface area contributed by atoms with Gasteiger partial charge in [-0.2, -0.15) is 0 Å². The number of ketones is 1. The van der Waals surface area contributed by atoms with Crippen LogP contribution in [0.4, 0.5) is 44.9 Å². The van der Waals surface area contributed by atoms with Gasteiger partial charge in [0.1, 0.15) is 62.0 Å². The number of rotatable bonds is 21. The SMILES string of the molecule is CC1CC(=O)N(CCC(=O)N[C@H](C(=O)C[C@@H](CCCNC(N)=O)C(=O)Nc2ccc(COC(=O)N3C[C@@H](F)C[C@H]3COC(=O)Nc3ncnc4c3ncn4[C@@H]3O[C@@H]4COP(O)(=S)O[C@H]5[C@@H](F)[C@H](n6cnc7c(N)ncnc76)O[C@@H]5COP(O)(=S)O[C@H]4[C@H]3F)cc2)C(C)C)C1=O. The third-order valence-corrected chi connectivity index (χ3v) is 19.3. The summed E-state index contributed by atoms with van der Waals surface area (Å²) in [4.78, 5) is 152. The van der Waals surface area contributed by atoms with Crippen molar-refractivity contribution in [1.82, 2.24) is 59.5 Å². The predicted molar refractivity (Wildman–Crippen MR) is 329 cm³/mol. The summed E-state index contributed by atoms with van der Waals surface area (Å²) in [6, 6.07) is 3.35. The fourth-order valence-electron chi connectivity index (χ4n) is 11.4. The zero-order chi connectivity index (χ0) is 68.2. The van der Waals surface area contributed by atoms with Crippen LogP contribution in [-0.4, -0.2) is 201 Å². The number of anilines is 3. The Morgan fingerprint density at radius 3 is 2.04 bits per heavy atom. The van der Waals surface area contributed by atoms with Gasteiger partial charge in [0.2, 0.25) is 23.6 Å². The lowest BCUT2D eigenvalue weighted by Gasteiger charge is -2.29. The van der Waals surface area contributed by atoms with Gasteiger partial charge in [-0.1, -0.05) is 32.9 Å². The second-order valence-corrected chi connectivity index (χ2v) is 28.8. The maximum absolute atomic E-state index is 16.8. The van der Waals surface area contributed by atoms with Crippen molar-refractivity contribution in [2.24, 2.45) is 23.5 Å². The first-order chi connectivity index (χ1) is 45.1. The molecule has 34 nitrogen and oxygen atoms in total. The summed E-state index contributed by atoms with van der Waals surface area (Å²) < 4.78 is 95.7. The topological polar surface area (TPSA) is 445 Å². The Labute approximate surface area is 547 Å². The van der Waals surface area contributed by atoms with Gasteiger partial charge in [-0.15, -0.1) is 0 Å². The molecular formula is C54H67F3N16O18P2S2. The number of Topliss-reactive ketones (excluding diaryl/α,β-unsaturated/α-hetero) is 1. The Bertz CT molecular complexity index is 3830. The lowest BCUT2D eigenvalue weighted by Crippen LogP contribution is -2.46. The molecule has 5 aliphatic rings. The fraction of sp³-hybridized carbons (Fsp3) is 0.556. The molecule has 5 saturated heterocycles. The molecular weight excluding hydrogens is 1340 g/mol. The van der Waals surface area contributed by atoms with Gasteiger partial charge in [-0.25, -0.2) is 57.5 Å². The summed E-state index contributed by atoms with van der Waals surface area (Å²) in [5.74, 6) is -4.39. The smallest absolute Gasteiger partial charge is 0.412 e. The molecule has 4 aromatic heterocycles. The first-order valence-electron chi connectivity index (χ1n) is 29.8. The summed E-state index contributed by atoms with van der Waals surface area (Å²) in [5.41, 5.74) is 11.9. The number of likely N-dealkylation sites (tertiary alicyclic amines) is 2. The molecule has 0 saturated carbocycles. The molecule has 0 spiro atoms. The van der Waals surface area contributed by atoms with E-state index >= 15 is 8.78 Å². The van der Waals surface area contributed by atoms with Gasteiger partial charge < -0.3 is 65.2 Å². The molecule has 41 heteroatoms. The Kier molecular flexibility index (Phi) is 22.1. The van der Waals surface area contributed by atoms with Gasteiger partial charge >= 0.3 is 31.7 Å². The minimum absolute atomic E-state index is 0.00552. The van der Waals surface area contributed by atoms with Gasteiger partial charge in [0, 0.05) is 56.3 Å². The quantitative estimate of drug-likeness (QED) is 0.0297. The van der Waals surface area contributed by atoms with E-state index in [4.69, 9.17) is 72.1 Å². The van der Waals surface area contributed by atoms with Crippen LogP contribution in [0.5, 0.6) is 0 Å². The van der Waals surface area contributed by atoms with Gasteiger partial charge in [0.15, 0.2) is 59.0 Å². The number of alkyl halides is 3. The maximum atomic E-state index is 16.8. The van der Waals surface area contributed by atoms with Crippen molar-refractivity contribution in [3.8, 4) is 0 Å². The monoisotopic (exact) mass is 1410 g/mol. The van der Waals surface area contributed by atoms with Gasteiger partial charge in [0.05, 0.1) is 44.5 Å². The van der Waals surface area contributed by atoms with Crippen LogP contribution in [-0.2, 0) is 91.2 Å². The Balaban J connectivity index is 0.711. The van der Waals surface area contributed by atoms with E-state index in [2.05, 4.69) is 51.2 Å². The van der Waals surface area contributed by atoms with E-state index in [1.54, 1.807) is 32.9 Å². The minimum Gasteiger partial charge on any atom is -0.447 e. The molecule has 0 aliphatic carbocycles. The molecule has 1 aromatic carbocycles. The first-order valence-corrected chi connectivity index (χ1v) is 34.9. The van der Waals surface area contributed by atoms with E-state index in [1.807, 2.05) is 0 Å². The standard InChI is InChI=1S/C54H67F3N16O18P2S2/c1-25(2)39(68-35(75)10-12-70-36(76)13-26(3)49(70)78)32(74)14-28(5-4-11-60-52(59)79)48(77)67-30-8-6-27(7-9-30)17-85-54(81)71-16-29(55)15-31(71)18-84-53(80)69-45-41-47(64-22-62-45)73(24-66-41)51-38(57)43-34(89-51)20-87-92(82,94)90-42-33(19-86-93(83,95)91-43)88-50(37(42)56)72-23-65-40-44(58)61-21-63-46(40)72/h6-9,21-26,28-29,31,33-34,37-39,42-43,50-51H,4-5,10-20H2,1-3H3,(H,67,77)(H,68,75)(H,82,94)(H,83,95)(H2,58,61,63)(H3,59,60,79)(H,62,64,69,80)/t26?,28-,29+,31+,33-,34-,37-,38-,39+,42-,43-,50-,51-,92?,93?/m1/s1. The molecule has 0 radical (unpaired) electrons. The number of hydrogen-bond acceptors (Lipinski definition) is 25. The number of imide groups is 1. The third kappa shape index (κ3) is 16.6. The number of hydrogen-bond donors (Lipinski definition) is 8. The summed E-state index contributed by atoms with van der Waals surface area (Å²) >= 11 is 10.5. The van der Waals surface area contributed by atoms with E-state index in [0.29, 0.717) is 11.3 Å². The van der Waals surface area contributed by atoms with Crippen LogP contribution in [0.3, 0.4) is 0 Å². The maximum Gasteiger partial charge on any atom is 0.412 e. The molecule has 9 heterocycles. The number of fused-ring (bicyclic) bond motifs is 4. The third-order valence-electron chi connectivity index (χ3n) is 16.2. The van der Waals surface area contributed by atoms with E-state index in [9.17, 15) is 52.5 Å². The van der Waals surface area contributed by atoms with Crippen LogP contribution in [0.15, 0.2) is 49.6 Å². The summed E-state index contributed by atoms with van der Waals surface area (Å²) in [6.07, 6.45) is -13.4. The fourth-order valence-corrected chi connectivity index (χ4v) is 14.2. The lowest BCUT2D eigenvalue weighted by atomic mass is 9.89. The summed E-state index contributed by atoms with van der Waals surface area (Å²) in [5, 5.41) is 10.3. The van der Waals surface area contributed by atoms with E-state index in [-0.39, 0.29) is 104 Å². The van der Waals surface area contributed by atoms with Crippen LogP contribution in [0.2, 0.25) is 0 Å². The number of nitrogen functional groups attached to an aromatic ring is 1. The average molecular weight is 1410 g/mol. The number of carbonyl (C=O) groups excluding carboxylic acids is 8. The van der Waals surface area contributed by atoms with Crippen LogP contribution in [0.1, 0.15) is 77.3 Å². The number of imidazole rings is 2. The molecule has 5 fully saturated rings. The number of benzene rings is 1. The van der Waals surface area contributed by atoms with Crippen molar-refractivity contribution in [3.05, 3.63) is 55.1 Å². The molecule has 95 heavy (non-hydrogen) atoms. The molecule has 10 rings (SSSR count). The van der Waals surface area contributed by atoms with Crippen molar-refractivity contribution in [1.29, 1.82) is 0 Å². The molecule has 8 amide bonds. The van der Waals surface area contributed by atoms with Crippen LogP contribution >= 0.6 is 13.4 Å². The molecule has 5 aliphatic heterocycles. The van der Waals surface area contributed by atoms with E-state index in [1.165, 1.54) is 23.0 Å². The highest BCUT2D eigenvalue weighted by atomic mass is 32.5. The van der Waals surface area contributed by atoms with Crippen LogP contribution in [0, 0.1) is 17.8 Å². The van der Waals surface area contributed by atoms with Gasteiger partial charge in [-0.05, 0) is 60.1 Å². The zero-order valence-electron chi connectivity index (χ0n) is 50.8. The van der Waals surface area contributed by atoms with Gasteiger partial charge in [0.25, 0.3) is 0 Å². The highest BCUT2D eigenvalue weighted by Gasteiger charge is 2.54. The van der Waals surface area contributed by atoms with Crippen molar-refractivity contribution in [3.63, 3.8) is 0 Å². The molecule has 10 N–H and O–H groups in total. The zero-order valence-corrected chi connectivity index (χ0v) is 54.2. The van der Waals surface area contributed by atoms with Crippen LogP contribution < -0.4 is 32.7 Å². The highest BCUT2D eigenvalue weighted by molar-refractivity contribution is 8.07. The highest BCUT2D eigenvalue weighted by Crippen LogP contribution is 2.55. The number of nitrogens with zero attached hydrogens (tertiary/aromatic N) is 10. The lowest BCUT2D eigenvalue weighted by molar-refractivity contribution is -0.140. The normalized spacial score (nSPS) is 28.5.